The van der Waals surface area contributed by atoms with Crippen molar-refractivity contribution in [2.45, 2.75) is 278 Å². The summed E-state index contributed by atoms with van der Waals surface area (Å²) in [6.45, 7) is 9.41. The molecule has 0 aliphatic carbocycles. The standard InChI is InChI=1S/C46H91N2/c1-4-7-10-13-16-18-20-22-24-26-28-30-33-36-39-42-47-44-45-48(46(47)41-38-35-32-15-12-9-6-3)43-40-37-34-31-29-27-25-23-21-19-17-14-11-8-5-2/h44-45H,4-43H2,1-3H3/q+1. The van der Waals surface area contributed by atoms with Gasteiger partial charge in [0.15, 0.2) is 0 Å². The van der Waals surface area contributed by atoms with Crippen LogP contribution in [0.3, 0.4) is 0 Å². The number of rotatable bonds is 40. The first-order valence-corrected chi connectivity index (χ1v) is 22.9. The van der Waals surface area contributed by atoms with Gasteiger partial charge in [-0.3, -0.25) is 0 Å². The first kappa shape index (κ1) is 45.2. The minimum absolute atomic E-state index is 1.23. The van der Waals surface area contributed by atoms with Crippen LogP contribution in [0.15, 0.2) is 12.4 Å². The quantitative estimate of drug-likeness (QED) is 0.0485. The van der Waals surface area contributed by atoms with Crippen molar-refractivity contribution < 1.29 is 4.57 Å². The van der Waals surface area contributed by atoms with Gasteiger partial charge in [-0.2, -0.15) is 0 Å². The van der Waals surface area contributed by atoms with Crippen LogP contribution in [0.5, 0.6) is 0 Å². The fraction of sp³-hybridized carbons (Fsp3) is 0.935. The maximum Gasteiger partial charge on any atom is 0.256 e. The van der Waals surface area contributed by atoms with Crippen molar-refractivity contribution in [2.75, 3.05) is 0 Å². The second-order valence-electron chi connectivity index (χ2n) is 15.9. The Hall–Kier alpha value is -0.790. The predicted octanol–water partition coefficient (Wildman–Crippen LogP) is 15.8. The first-order chi connectivity index (χ1) is 23.8. The molecule has 0 aliphatic rings. The monoisotopic (exact) mass is 672 g/mol. The third-order valence-electron chi connectivity index (χ3n) is 11.1. The van der Waals surface area contributed by atoms with Gasteiger partial charge in [-0.15, -0.1) is 0 Å². The Balaban J connectivity index is 2.20. The van der Waals surface area contributed by atoms with E-state index in [0.717, 1.165) is 0 Å². The normalized spacial score (nSPS) is 11.6. The molecule has 0 saturated heterocycles. The van der Waals surface area contributed by atoms with E-state index in [9.17, 15) is 0 Å². The van der Waals surface area contributed by atoms with Gasteiger partial charge in [0.05, 0.1) is 13.1 Å². The highest BCUT2D eigenvalue weighted by molar-refractivity contribution is 4.84. The van der Waals surface area contributed by atoms with E-state index in [0.29, 0.717) is 0 Å². The molecule has 0 radical (unpaired) electrons. The van der Waals surface area contributed by atoms with Gasteiger partial charge in [0.2, 0.25) is 0 Å². The van der Waals surface area contributed by atoms with Gasteiger partial charge >= 0.3 is 0 Å². The van der Waals surface area contributed by atoms with Crippen LogP contribution < -0.4 is 4.57 Å². The molecule has 0 fully saturated rings. The predicted molar refractivity (Wildman–Crippen MR) is 216 cm³/mol. The summed E-state index contributed by atoms with van der Waals surface area (Å²) in [4.78, 5) is 0. The summed E-state index contributed by atoms with van der Waals surface area (Å²) < 4.78 is 5.29. The van der Waals surface area contributed by atoms with E-state index in [-0.39, 0.29) is 0 Å². The number of nitrogens with zero attached hydrogens (tertiary/aromatic N) is 2. The molecular weight excluding hydrogens is 581 g/mol. The molecule has 0 unspecified atom stereocenters. The zero-order chi connectivity index (χ0) is 34.4. The topological polar surface area (TPSA) is 8.81 Å². The number of aryl methyl sites for hydroxylation is 2. The van der Waals surface area contributed by atoms with Crippen LogP contribution >= 0.6 is 0 Å². The van der Waals surface area contributed by atoms with Gasteiger partial charge in [-0.1, -0.05) is 226 Å². The maximum absolute atomic E-state index is 2.64. The molecule has 2 heteroatoms. The van der Waals surface area contributed by atoms with Crippen LogP contribution in [0.4, 0.5) is 0 Å². The first-order valence-electron chi connectivity index (χ1n) is 22.9. The Labute approximate surface area is 304 Å². The Bertz CT molecular complexity index is 685. The van der Waals surface area contributed by atoms with Gasteiger partial charge in [0, 0.05) is 6.42 Å². The Morgan fingerprint density at radius 1 is 0.354 bits per heavy atom. The molecule has 1 aromatic rings. The van der Waals surface area contributed by atoms with E-state index in [1.807, 2.05) is 0 Å². The number of imidazole rings is 1. The van der Waals surface area contributed by atoms with Crippen LogP contribution in [-0.2, 0) is 19.5 Å². The molecule has 284 valence electrons. The molecule has 0 spiro atoms. The Morgan fingerprint density at radius 2 is 0.646 bits per heavy atom. The molecule has 0 amide bonds. The average Bonchev–Trinajstić information content (AvgIpc) is 3.48. The number of unbranched alkanes of at least 4 members (excludes halogenated alkanes) is 34. The highest BCUT2D eigenvalue weighted by Gasteiger charge is 2.16. The van der Waals surface area contributed by atoms with Crippen molar-refractivity contribution >= 4 is 0 Å². The van der Waals surface area contributed by atoms with Gasteiger partial charge in [-0.25, -0.2) is 9.13 Å². The molecule has 48 heavy (non-hydrogen) atoms. The van der Waals surface area contributed by atoms with Gasteiger partial charge in [0.25, 0.3) is 5.82 Å². The summed E-state index contributed by atoms with van der Waals surface area (Å²) in [7, 11) is 0. The van der Waals surface area contributed by atoms with Crippen molar-refractivity contribution in [1.82, 2.24) is 4.57 Å². The molecule has 0 bridgehead atoms. The van der Waals surface area contributed by atoms with Gasteiger partial charge in [0.1, 0.15) is 12.4 Å². The molecule has 1 heterocycles. The van der Waals surface area contributed by atoms with Gasteiger partial charge < -0.3 is 0 Å². The minimum Gasteiger partial charge on any atom is -0.234 e. The molecule has 1 rings (SSSR count). The van der Waals surface area contributed by atoms with Crippen molar-refractivity contribution in [3.63, 3.8) is 0 Å². The van der Waals surface area contributed by atoms with Crippen LogP contribution in [0.1, 0.15) is 264 Å². The maximum atomic E-state index is 2.64. The minimum atomic E-state index is 1.23. The summed E-state index contributed by atoms with van der Waals surface area (Å²) >= 11 is 0. The third-order valence-corrected chi connectivity index (χ3v) is 11.1. The van der Waals surface area contributed by atoms with E-state index >= 15 is 0 Å². The third kappa shape index (κ3) is 29.0. The number of hydrogen-bond acceptors (Lipinski definition) is 0. The zero-order valence-corrected chi connectivity index (χ0v) is 33.8. The molecule has 0 saturated carbocycles. The lowest BCUT2D eigenvalue weighted by atomic mass is 10.0. The SMILES string of the molecule is CCCCCCCCCCCCCCCCCn1cc[n+](CCCCCCCCCCCCCCCCC)c1CCCCCCCCC. The highest BCUT2D eigenvalue weighted by atomic mass is 15.1. The highest BCUT2D eigenvalue weighted by Crippen LogP contribution is 2.16. The average molecular weight is 672 g/mol. The molecule has 1 aromatic heterocycles. The number of aromatic nitrogens is 2. The van der Waals surface area contributed by atoms with Crippen molar-refractivity contribution in [2.24, 2.45) is 0 Å². The second-order valence-corrected chi connectivity index (χ2v) is 15.9. The van der Waals surface area contributed by atoms with Crippen LogP contribution in [-0.4, -0.2) is 4.57 Å². The summed E-state index contributed by atoms with van der Waals surface area (Å²) in [5.74, 6) is 1.62. The molecule has 0 N–H and O–H groups in total. The molecular formula is C46H91N2+. The van der Waals surface area contributed by atoms with Crippen LogP contribution in [0.25, 0.3) is 0 Å². The van der Waals surface area contributed by atoms with E-state index in [1.54, 1.807) is 5.82 Å². The lowest BCUT2D eigenvalue weighted by molar-refractivity contribution is -0.704. The van der Waals surface area contributed by atoms with Crippen LogP contribution in [0.2, 0.25) is 0 Å². The number of hydrogen-bond donors (Lipinski definition) is 0. The van der Waals surface area contributed by atoms with Crippen molar-refractivity contribution in [3.8, 4) is 0 Å². The lowest BCUT2D eigenvalue weighted by Gasteiger charge is -2.07. The molecule has 2 nitrogen and oxygen atoms in total. The smallest absolute Gasteiger partial charge is 0.234 e. The zero-order valence-electron chi connectivity index (χ0n) is 33.8. The van der Waals surface area contributed by atoms with E-state index in [4.69, 9.17) is 0 Å². The molecule has 0 atom stereocenters. The molecule has 0 aromatic carbocycles. The summed E-state index contributed by atoms with van der Waals surface area (Å²) in [5.41, 5.74) is 0. The summed E-state index contributed by atoms with van der Waals surface area (Å²) in [6, 6.07) is 0. The van der Waals surface area contributed by atoms with Gasteiger partial charge in [-0.05, 0) is 32.1 Å². The fourth-order valence-electron chi connectivity index (χ4n) is 7.74. The largest absolute Gasteiger partial charge is 0.256 e. The van der Waals surface area contributed by atoms with Crippen molar-refractivity contribution in [3.05, 3.63) is 18.2 Å². The lowest BCUT2D eigenvalue weighted by Crippen LogP contribution is -2.37. The second kappa shape index (κ2) is 37.5. The van der Waals surface area contributed by atoms with E-state index in [2.05, 4.69) is 42.3 Å². The summed E-state index contributed by atoms with van der Waals surface area (Å²) in [6.07, 6.45) is 59.3. The Kier molecular flexibility index (Phi) is 35.3. The van der Waals surface area contributed by atoms with E-state index < -0.39 is 0 Å². The fourth-order valence-corrected chi connectivity index (χ4v) is 7.74. The molecule has 0 aliphatic heterocycles. The Morgan fingerprint density at radius 3 is 1.00 bits per heavy atom. The van der Waals surface area contributed by atoms with Crippen LogP contribution in [0, 0.1) is 0 Å². The van der Waals surface area contributed by atoms with Crippen molar-refractivity contribution in [1.29, 1.82) is 0 Å². The summed E-state index contributed by atoms with van der Waals surface area (Å²) in [5, 5.41) is 0. The van der Waals surface area contributed by atoms with E-state index in [1.165, 1.54) is 257 Å².